The second-order valence-corrected chi connectivity index (χ2v) is 7.66. The minimum Gasteiger partial charge on any atom is -0.377 e. The van der Waals surface area contributed by atoms with E-state index in [-0.39, 0.29) is 0 Å². The SMILES string of the molecule is CO[Si](CCC(C)CC(C)C)(OC)OC. The van der Waals surface area contributed by atoms with Crippen LogP contribution >= 0.6 is 0 Å². The Balaban J connectivity index is 3.99. The Morgan fingerprint density at radius 3 is 1.73 bits per heavy atom. The Bertz CT molecular complexity index is 150. The summed E-state index contributed by atoms with van der Waals surface area (Å²) in [7, 11) is 2.69. The molecular weight excluding hydrogens is 208 g/mol. The Morgan fingerprint density at radius 2 is 1.40 bits per heavy atom. The molecule has 0 aliphatic carbocycles. The third kappa shape index (κ3) is 5.66. The molecule has 0 rings (SSSR count). The van der Waals surface area contributed by atoms with Crippen molar-refractivity contribution < 1.29 is 13.3 Å². The molecule has 0 N–H and O–H groups in total. The number of rotatable bonds is 8. The van der Waals surface area contributed by atoms with Crippen LogP contribution in [0.1, 0.15) is 33.6 Å². The van der Waals surface area contributed by atoms with Crippen LogP contribution in [0.2, 0.25) is 6.04 Å². The van der Waals surface area contributed by atoms with Crippen LogP contribution in [0.4, 0.5) is 0 Å². The topological polar surface area (TPSA) is 27.7 Å². The lowest BCUT2D eigenvalue weighted by molar-refractivity contribution is 0.121. The first kappa shape index (κ1) is 15.1. The molecule has 0 heterocycles. The van der Waals surface area contributed by atoms with Gasteiger partial charge in [-0.05, 0) is 24.7 Å². The molecule has 3 nitrogen and oxygen atoms in total. The van der Waals surface area contributed by atoms with E-state index in [0.29, 0.717) is 5.92 Å². The predicted octanol–water partition coefficient (Wildman–Crippen LogP) is 2.94. The molecule has 0 saturated carbocycles. The summed E-state index contributed by atoms with van der Waals surface area (Å²) in [5.41, 5.74) is 0. The molecule has 0 fully saturated rings. The maximum absolute atomic E-state index is 5.39. The zero-order chi connectivity index (χ0) is 11.9. The lowest BCUT2D eigenvalue weighted by atomic mass is 9.97. The minimum atomic E-state index is -2.33. The molecule has 0 bridgehead atoms. The molecular formula is C11H26O3Si. The van der Waals surface area contributed by atoms with Gasteiger partial charge >= 0.3 is 8.80 Å². The fraction of sp³-hybridized carbons (Fsp3) is 1.00. The second kappa shape index (κ2) is 7.38. The molecule has 4 heteroatoms. The summed E-state index contributed by atoms with van der Waals surface area (Å²) in [6.45, 7) is 6.79. The van der Waals surface area contributed by atoms with Crippen LogP contribution in [-0.4, -0.2) is 30.1 Å². The van der Waals surface area contributed by atoms with Gasteiger partial charge in [-0.15, -0.1) is 0 Å². The molecule has 15 heavy (non-hydrogen) atoms. The van der Waals surface area contributed by atoms with Crippen LogP contribution in [0.3, 0.4) is 0 Å². The van der Waals surface area contributed by atoms with Gasteiger partial charge in [-0.2, -0.15) is 0 Å². The predicted molar refractivity (Wildman–Crippen MR) is 64.8 cm³/mol. The minimum absolute atomic E-state index is 0.706. The molecule has 1 unspecified atom stereocenters. The van der Waals surface area contributed by atoms with E-state index in [0.717, 1.165) is 18.4 Å². The van der Waals surface area contributed by atoms with E-state index in [4.69, 9.17) is 13.3 Å². The third-order valence-electron chi connectivity index (χ3n) is 2.75. The molecule has 0 spiro atoms. The Kier molecular flexibility index (Phi) is 7.43. The van der Waals surface area contributed by atoms with Gasteiger partial charge in [0.25, 0.3) is 0 Å². The lowest BCUT2D eigenvalue weighted by Crippen LogP contribution is -2.42. The summed E-state index contributed by atoms with van der Waals surface area (Å²) < 4.78 is 16.2. The average Bonchev–Trinajstić information content (AvgIpc) is 2.20. The number of hydrogen-bond donors (Lipinski definition) is 0. The normalized spacial score (nSPS) is 14.6. The summed E-state index contributed by atoms with van der Waals surface area (Å²) >= 11 is 0. The van der Waals surface area contributed by atoms with Crippen LogP contribution < -0.4 is 0 Å². The maximum Gasteiger partial charge on any atom is 0.500 e. The molecule has 0 saturated heterocycles. The lowest BCUT2D eigenvalue weighted by Gasteiger charge is -2.25. The van der Waals surface area contributed by atoms with E-state index in [9.17, 15) is 0 Å². The van der Waals surface area contributed by atoms with Crippen molar-refractivity contribution in [1.82, 2.24) is 0 Å². The van der Waals surface area contributed by atoms with Gasteiger partial charge in [0.15, 0.2) is 0 Å². The molecule has 0 aliphatic rings. The van der Waals surface area contributed by atoms with Gasteiger partial charge in [0, 0.05) is 27.4 Å². The molecule has 0 aliphatic heterocycles. The Labute approximate surface area is 95.5 Å². The van der Waals surface area contributed by atoms with E-state index < -0.39 is 8.80 Å². The van der Waals surface area contributed by atoms with Crippen molar-refractivity contribution in [1.29, 1.82) is 0 Å². The molecule has 92 valence electrons. The average molecular weight is 234 g/mol. The van der Waals surface area contributed by atoms with Crippen molar-refractivity contribution >= 4 is 8.80 Å². The molecule has 1 atom stereocenters. The van der Waals surface area contributed by atoms with Crippen molar-refractivity contribution in [2.45, 2.75) is 39.7 Å². The molecule has 0 aromatic rings. The van der Waals surface area contributed by atoms with Crippen LogP contribution in [0, 0.1) is 11.8 Å². The van der Waals surface area contributed by atoms with Crippen molar-refractivity contribution in [2.75, 3.05) is 21.3 Å². The first-order valence-corrected chi connectivity index (χ1v) is 7.58. The van der Waals surface area contributed by atoms with Crippen LogP contribution in [0.15, 0.2) is 0 Å². The van der Waals surface area contributed by atoms with Crippen molar-refractivity contribution in [3.63, 3.8) is 0 Å². The highest BCUT2D eigenvalue weighted by molar-refractivity contribution is 6.60. The van der Waals surface area contributed by atoms with Crippen LogP contribution in [0.25, 0.3) is 0 Å². The molecule has 0 radical (unpaired) electrons. The zero-order valence-corrected chi connectivity index (χ0v) is 12.0. The highest BCUT2D eigenvalue weighted by Gasteiger charge is 2.37. The Hall–Kier alpha value is 0.0969. The van der Waals surface area contributed by atoms with Gasteiger partial charge in [0.2, 0.25) is 0 Å². The fourth-order valence-corrected chi connectivity index (χ4v) is 3.86. The molecule has 0 aromatic heterocycles. The monoisotopic (exact) mass is 234 g/mol. The largest absolute Gasteiger partial charge is 0.500 e. The van der Waals surface area contributed by atoms with Gasteiger partial charge in [-0.3, -0.25) is 0 Å². The highest BCUT2D eigenvalue weighted by atomic mass is 28.4. The van der Waals surface area contributed by atoms with E-state index >= 15 is 0 Å². The summed E-state index contributed by atoms with van der Waals surface area (Å²) in [5, 5.41) is 0. The summed E-state index contributed by atoms with van der Waals surface area (Å²) in [6, 6.07) is 0.907. The number of hydrogen-bond acceptors (Lipinski definition) is 3. The zero-order valence-electron chi connectivity index (χ0n) is 11.0. The van der Waals surface area contributed by atoms with E-state index in [1.165, 1.54) is 6.42 Å². The van der Waals surface area contributed by atoms with Gasteiger partial charge in [-0.1, -0.05) is 20.8 Å². The highest BCUT2D eigenvalue weighted by Crippen LogP contribution is 2.22. The Morgan fingerprint density at radius 1 is 0.933 bits per heavy atom. The second-order valence-electron chi connectivity index (χ2n) is 4.57. The van der Waals surface area contributed by atoms with E-state index in [2.05, 4.69) is 20.8 Å². The first-order valence-electron chi connectivity index (χ1n) is 5.65. The van der Waals surface area contributed by atoms with Crippen molar-refractivity contribution in [3.8, 4) is 0 Å². The summed E-state index contributed by atoms with van der Waals surface area (Å²) in [5.74, 6) is 1.46. The van der Waals surface area contributed by atoms with Gasteiger partial charge in [0.1, 0.15) is 0 Å². The van der Waals surface area contributed by atoms with Crippen LogP contribution in [0.5, 0.6) is 0 Å². The maximum atomic E-state index is 5.39. The quantitative estimate of drug-likeness (QED) is 0.604. The summed E-state index contributed by atoms with van der Waals surface area (Å²) in [4.78, 5) is 0. The third-order valence-corrected chi connectivity index (χ3v) is 5.52. The van der Waals surface area contributed by atoms with Crippen LogP contribution in [-0.2, 0) is 13.3 Å². The first-order chi connectivity index (χ1) is 6.99. The fourth-order valence-electron chi connectivity index (χ4n) is 1.90. The van der Waals surface area contributed by atoms with Gasteiger partial charge < -0.3 is 13.3 Å². The van der Waals surface area contributed by atoms with Gasteiger partial charge in [0.05, 0.1) is 0 Å². The van der Waals surface area contributed by atoms with Gasteiger partial charge in [-0.25, -0.2) is 0 Å². The van der Waals surface area contributed by atoms with E-state index in [1.54, 1.807) is 21.3 Å². The molecule has 0 aromatic carbocycles. The van der Waals surface area contributed by atoms with Crippen molar-refractivity contribution in [3.05, 3.63) is 0 Å². The standard InChI is InChI=1S/C11H26O3Si/c1-10(2)9-11(3)7-8-15(12-4,13-5)14-6/h10-11H,7-9H2,1-6H3. The molecule has 0 amide bonds. The van der Waals surface area contributed by atoms with E-state index in [1.807, 2.05) is 0 Å². The smallest absolute Gasteiger partial charge is 0.377 e. The van der Waals surface area contributed by atoms with Crippen molar-refractivity contribution in [2.24, 2.45) is 11.8 Å². The summed E-state index contributed by atoms with van der Waals surface area (Å²) in [6.07, 6.45) is 2.36.